The molecule has 1 unspecified atom stereocenters. The van der Waals surface area contributed by atoms with Crippen LogP contribution in [0.2, 0.25) is 0 Å². The van der Waals surface area contributed by atoms with E-state index in [0.717, 1.165) is 10.5 Å². The minimum atomic E-state index is -0.0603. The average Bonchev–Trinajstić information content (AvgIpc) is 2.84. The van der Waals surface area contributed by atoms with Gasteiger partial charge in [0.2, 0.25) is 5.78 Å². The van der Waals surface area contributed by atoms with Gasteiger partial charge < -0.3 is 0 Å². The summed E-state index contributed by atoms with van der Waals surface area (Å²) in [5, 5.41) is 0.132. The zero-order chi connectivity index (χ0) is 14.4. The molecule has 0 saturated carbocycles. The zero-order valence-corrected chi connectivity index (χ0v) is 12.5. The van der Waals surface area contributed by atoms with Gasteiger partial charge in [0.1, 0.15) is 0 Å². The molecule has 0 spiro atoms. The van der Waals surface area contributed by atoms with Crippen molar-refractivity contribution < 1.29 is 9.59 Å². The average molecular weight is 310 g/mol. The van der Waals surface area contributed by atoms with Gasteiger partial charge in [-0.1, -0.05) is 48.2 Å². The molecule has 102 valence electrons. The predicted octanol–water partition coefficient (Wildman–Crippen LogP) is 3.92. The smallest absolute Gasteiger partial charge is 0.202 e. The summed E-state index contributed by atoms with van der Waals surface area (Å²) in [5.41, 5.74) is 1.71. The number of fused-ring (bicyclic) bond motifs is 2. The number of rotatable bonds is 0. The van der Waals surface area contributed by atoms with Crippen LogP contribution in [0.3, 0.4) is 0 Å². The van der Waals surface area contributed by atoms with Crippen molar-refractivity contribution in [3.05, 3.63) is 75.6 Å². The largest absolute Gasteiger partial charge is 0.289 e. The lowest BCUT2D eigenvalue weighted by molar-refractivity contribution is -0.110. The normalized spacial score (nSPS) is 26.7. The van der Waals surface area contributed by atoms with Crippen molar-refractivity contribution in [2.75, 3.05) is 0 Å². The zero-order valence-electron chi connectivity index (χ0n) is 10.9. The summed E-state index contributed by atoms with van der Waals surface area (Å²) in [6.45, 7) is 0. The Morgan fingerprint density at radius 3 is 2.71 bits per heavy atom. The van der Waals surface area contributed by atoms with Gasteiger partial charge in [-0.3, -0.25) is 9.59 Å². The maximum atomic E-state index is 12.5. The maximum Gasteiger partial charge on any atom is 0.202 e. The van der Waals surface area contributed by atoms with Crippen LogP contribution in [-0.2, 0) is 4.79 Å². The van der Waals surface area contributed by atoms with E-state index in [1.165, 1.54) is 23.5 Å². The molecule has 1 atom stereocenters. The molecule has 0 N–H and O–H groups in total. The second-order valence-corrected chi connectivity index (χ2v) is 7.08. The van der Waals surface area contributed by atoms with Gasteiger partial charge in [0.15, 0.2) is 5.78 Å². The van der Waals surface area contributed by atoms with Crippen LogP contribution in [-0.4, -0.2) is 16.8 Å². The fraction of sp³-hybridized carbons (Fsp3) is 0.0588. The number of hydrogen-bond acceptors (Lipinski definition) is 4. The Kier molecular flexibility index (Phi) is 3.01. The molecule has 0 saturated heterocycles. The molecule has 0 radical (unpaired) electrons. The summed E-state index contributed by atoms with van der Waals surface area (Å²) in [4.78, 5) is 26.9. The van der Waals surface area contributed by atoms with E-state index in [2.05, 4.69) is 6.08 Å². The van der Waals surface area contributed by atoms with E-state index in [1.54, 1.807) is 6.08 Å². The number of Topliss-reactive ketones (excluding diaryl/α,β-unsaturated/α-hetero) is 1. The Morgan fingerprint density at radius 1 is 1.00 bits per heavy atom. The van der Waals surface area contributed by atoms with Crippen molar-refractivity contribution in [2.24, 2.45) is 0 Å². The van der Waals surface area contributed by atoms with E-state index in [-0.39, 0.29) is 16.8 Å². The van der Waals surface area contributed by atoms with Gasteiger partial charge >= 0.3 is 0 Å². The second-order valence-electron chi connectivity index (χ2n) is 4.88. The van der Waals surface area contributed by atoms with Gasteiger partial charge in [0.05, 0.1) is 15.1 Å². The number of ketones is 2. The molecule has 0 bridgehead atoms. The third kappa shape index (κ3) is 2.06. The summed E-state index contributed by atoms with van der Waals surface area (Å²) in [5.74, 6) is -0.0894. The lowest BCUT2D eigenvalue weighted by Crippen LogP contribution is -2.16. The SMILES string of the molecule is O=C1C=C2C=CC=CC2SC1=C1Sc2ccccc2C1=O. The van der Waals surface area contributed by atoms with Crippen LogP contribution in [0.5, 0.6) is 0 Å². The summed E-state index contributed by atoms with van der Waals surface area (Å²) >= 11 is 2.89. The lowest BCUT2D eigenvalue weighted by Gasteiger charge is -2.22. The van der Waals surface area contributed by atoms with Crippen molar-refractivity contribution in [3.8, 4) is 0 Å². The molecule has 4 heteroatoms. The molecule has 0 fully saturated rings. The van der Waals surface area contributed by atoms with Crippen molar-refractivity contribution in [1.29, 1.82) is 0 Å². The Bertz CT molecular complexity index is 797. The van der Waals surface area contributed by atoms with E-state index < -0.39 is 0 Å². The molecular formula is C17H10O2S2. The number of allylic oxidation sites excluding steroid dienone is 6. The molecule has 0 aromatic heterocycles. The summed E-state index contributed by atoms with van der Waals surface area (Å²) in [6.07, 6.45) is 9.57. The molecule has 2 heterocycles. The van der Waals surface area contributed by atoms with Crippen molar-refractivity contribution >= 4 is 35.1 Å². The lowest BCUT2D eigenvalue weighted by atomic mass is 10.0. The van der Waals surface area contributed by atoms with E-state index in [1.807, 2.05) is 42.5 Å². The van der Waals surface area contributed by atoms with Crippen LogP contribution in [0.15, 0.2) is 74.9 Å². The Morgan fingerprint density at radius 2 is 1.86 bits per heavy atom. The van der Waals surface area contributed by atoms with Crippen LogP contribution < -0.4 is 0 Å². The van der Waals surface area contributed by atoms with Gasteiger partial charge in [-0.25, -0.2) is 0 Å². The van der Waals surface area contributed by atoms with Crippen LogP contribution >= 0.6 is 23.5 Å². The van der Waals surface area contributed by atoms with Gasteiger partial charge in [0, 0.05) is 10.5 Å². The standard InChI is InChI=1S/C17H10O2S2/c18-12-9-10-5-1-3-7-13(10)20-16(12)17-15(19)11-6-2-4-8-14(11)21-17/h1-9,13H. The first-order chi connectivity index (χ1) is 10.2. The first-order valence-electron chi connectivity index (χ1n) is 6.57. The number of thioether (sulfide) groups is 2. The first-order valence-corrected chi connectivity index (χ1v) is 8.27. The second kappa shape index (κ2) is 4.90. The minimum absolute atomic E-state index is 0.0290. The van der Waals surface area contributed by atoms with Crippen LogP contribution in [0, 0.1) is 0 Å². The maximum absolute atomic E-state index is 12.5. The number of carbonyl (C=O) groups is 2. The van der Waals surface area contributed by atoms with Crippen LogP contribution in [0.1, 0.15) is 10.4 Å². The molecule has 21 heavy (non-hydrogen) atoms. The molecular weight excluding hydrogens is 300 g/mol. The third-order valence-electron chi connectivity index (χ3n) is 3.54. The summed E-state index contributed by atoms with van der Waals surface area (Å²) in [7, 11) is 0. The van der Waals surface area contributed by atoms with Gasteiger partial charge in [-0.05, 0) is 23.8 Å². The Hall–Kier alpha value is -1.78. The number of benzene rings is 1. The summed E-state index contributed by atoms with van der Waals surface area (Å²) in [6, 6.07) is 7.51. The molecule has 1 aromatic carbocycles. The predicted molar refractivity (Wildman–Crippen MR) is 86.4 cm³/mol. The summed E-state index contributed by atoms with van der Waals surface area (Å²) < 4.78 is 0. The molecule has 0 amide bonds. The fourth-order valence-corrected chi connectivity index (χ4v) is 4.90. The Balaban J connectivity index is 1.79. The Labute approximate surface area is 130 Å². The molecule has 4 rings (SSSR count). The number of carbonyl (C=O) groups excluding carboxylic acids is 2. The molecule has 3 aliphatic rings. The highest BCUT2D eigenvalue weighted by atomic mass is 32.2. The minimum Gasteiger partial charge on any atom is -0.289 e. The quantitative estimate of drug-likeness (QED) is 0.680. The van der Waals surface area contributed by atoms with Crippen molar-refractivity contribution in [1.82, 2.24) is 0 Å². The van der Waals surface area contributed by atoms with Gasteiger partial charge in [-0.2, -0.15) is 0 Å². The van der Waals surface area contributed by atoms with Crippen molar-refractivity contribution in [2.45, 2.75) is 10.1 Å². The van der Waals surface area contributed by atoms with E-state index >= 15 is 0 Å². The highest BCUT2D eigenvalue weighted by Crippen LogP contribution is 2.47. The van der Waals surface area contributed by atoms with Crippen LogP contribution in [0.25, 0.3) is 0 Å². The van der Waals surface area contributed by atoms with E-state index in [9.17, 15) is 9.59 Å². The highest BCUT2D eigenvalue weighted by molar-refractivity contribution is 8.08. The van der Waals surface area contributed by atoms with Gasteiger partial charge in [0.25, 0.3) is 0 Å². The molecule has 1 aliphatic carbocycles. The number of hydrogen-bond donors (Lipinski definition) is 0. The first kappa shape index (κ1) is 12.9. The van der Waals surface area contributed by atoms with E-state index in [0.29, 0.717) is 15.4 Å². The van der Waals surface area contributed by atoms with Crippen LogP contribution in [0.4, 0.5) is 0 Å². The molecule has 2 nitrogen and oxygen atoms in total. The fourth-order valence-electron chi connectivity index (χ4n) is 2.51. The highest BCUT2D eigenvalue weighted by Gasteiger charge is 2.34. The molecule has 2 aliphatic heterocycles. The van der Waals surface area contributed by atoms with E-state index in [4.69, 9.17) is 0 Å². The topological polar surface area (TPSA) is 34.1 Å². The van der Waals surface area contributed by atoms with Crippen molar-refractivity contribution in [3.63, 3.8) is 0 Å². The van der Waals surface area contributed by atoms with Gasteiger partial charge in [-0.15, -0.1) is 11.8 Å². The monoisotopic (exact) mass is 310 g/mol. The third-order valence-corrected chi connectivity index (χ3v) is 6.16. The molecule has 1 aromatic rings.